The summed E-state index contributed by atoms with van der Waals surface area (Å²) < 4.78 is 29.0. The molecule has 0 unspecified atom stereocenters. The average molecular weight is 468 g/mol. The van der Waals surface area contributed by atoms with Crippen LogP contribution in [0.5, 0.6) is 0 Å². The van der Waals surface area contributed by atoms with Crippen LogP contribution in [0.2, 0.25) is 0 Å². The summed E-state index contributed by atoms with van der Waals surface area (Å²) in [5.74, 6) is -2.61. The number of hydrogen-bond donors (Lipinski definition) is 1. The Morgan fingerprint density at radius 1 is 1.12 bits per heavy atom. The van der Waals surface area contributed by atoms with Gasteiger partial charge in [-0.2, -0.15) is 0 Å². The molecule has 1 heterocycles. The number of nitrogens with zero attached hydrogens (tertiary/aromatic N) is 3. The number of thioether (sulfide) groups is 1. The monoisotopic (exact) mass is 468 g/mol. The van der Waals surface area contributed by atoms with E-state index >= 15 is 0 Å². The van der Waals surface area contributed by atoms with Crippen molar-refractivity contribution < 1.29 is 18.5 Å². The molecule has 0 saturated carbocycles. The van der Waals surface area contributed by atoms with Gasteiger partial charge in [-0.15, -0.1) is 0 Å². The van der Waals surface area contributed by atoms with Gasteiger partial charge in [-0.05, 0) is 30.3 Å². The molecule has 4 aromatic rings. The second-order valence-corrected chi connectivity index (χ2v) is 7.84. The van der Waals surface area contributed by atoms with E-state index in [1.165, 1.54) is 18.2 Å². The van der Waals surface area contributed by atoms with Gasteiger partial charge in [0.1, 0.15) is 11.6 Å². The van der Waals surface area contributed by atoms with E-state index in [0.29, 0.717) is 11.6 Å². The summed E-state index contributed by atoms with van der Waals surface area (Å²) in [6, 6.07) is 13.0. The van der Waals surface area contributed by atoms with E-state index in [9.17, 15) is 28.5 Å². The van der Waals surface area contributed by atoms with Crippen LogP contribution in [0.1, 0.15) is 15.9 Å². The SMILES string of the molecule is NC(=O)c1ccc(CSc2nc3ccccc3c(=O)n2-c2ccc(F)cc2F)c([N+](=O)[O-])c1. The van der Waals surface area contributed by atoms with Crippen LogP contribution >= 0.6 is 11.8 Å². The third-order valence-corrected chi connectivity index (χ3v) is 5.81. The summed E-state index contributed by atoms with van der Waals surface area (Å²) in [4.78, 5) is 39.8. The lowest BCUT2D eigenvalue weighted by Gasteiger charge is -2.14. The highest BCUT2D eigenvalue weighted by atomic mass is 32.2. The van der Waals surface area contributed by atoms with Crippen molar-refractivity contribution in [3.05, 3.63) is 104 Å². The Balaban J connectivity index is 1.84. The van der Waals surface area contributed by atoms with Gasteiger partial charge in [-0.3, -0.25) is 24.3 Å². The largest absolute Gasteiger partial charge is 0.366 e. The number of carbonyl (C=O) groups is 1. The van der Waals surface area contributed by atoms with Gasteiger partial charge >= 0.3 is 0 Å². The number of carbonyl (C=O) groups excluding carboxylic acids is 1. The molecule has 0 aliphatic carbocycles. The predicted octanol–water partition coefficient (Wildman–Crippen LogP) is 3.96. The lowest BCUT2D eigenvalue weighted by molar-refractivity contribution is -0.385. The van der Waals surface area contributed by atoms with Gasteiger partial charge in [0, 0.05) is 29.0 Å². The number of fused-ring (bicyclic) bond motifs is 1. The highest BCUT2D eigenvalue weighted by molar-refractivity contribution is 7.98. The highest BCUT2D eigenvalue weighted by Gasteiger charge is 2.20. The van der Waals surface area contributed by atoms with Crippen molar-refractivity contribution >= 4 is 34.3 Å². The Kier molecular flexibility index (Phi) is 5.88. The molecule has 2 N–H and O–H groups in total. The Bertz CT molecular complexity index is 1490. The standard InChI is InChI=1S/C22H14F2N4O4S/c23-14-7-8-18(16(24)10-14)27-21(30)15-3-1-2-4-17(15)26-22(27)33-11-13-6-5-12(20(25)29)9-19(13)28(31)32/h1-10H,11H2,(H2,25,29). The van der Waals surface area contributed by atoms with Gasteiger partial charge in [-0.1, -0.05) is 30.0 Å². The number of benzene rings is 3. The second-order valence-electron chi connectivity index (χ2n) is 6.90. The lowest BCUT2D eigenvalue weighted by atomic mass is 10.1. The van der Waals surface area contributed by atoms with Gasteiger partial charge in [0.2, 0.25) is 5.91 Å². The van der Waals surface area contributed by atoms with E-state index < -0.39 is 28.0 Å². The van der Waals surface area contributed by atoms with Crippen LogP contribution in [0.3, 0.4) is 0 Å². The number of halogens is 2. The molecule has 11 heteroatoms. The lowest BCUT2D eigenvalue weighted by Crippen LogP contribution is -2.22. The van der Waals surface area contributed by atoms with Crippen LogP contribution in [0, 0.1) is 21.7 Å². The van der Waals surface area contributed by atoms with Crippen molar-refractivity contribution in [1.82, 2.24) is 9.55 Å². The molecule has 0 radical (unpaired) electrons. The predicted molar refractivity (Wildman–Crippen MR) is 118 cm³/mol. The third-order valence-electron chi connectivity index (χ3n) is 4.82. The van der Waals surface area contributed by atoms with Crippen molar-refractivity contribution in [2.45, 2.75) is 10.9 Å². The first-order chi connectivity index (χ1) is 15.8. The summed E-state index contributed by atoms with van der Waals surface area (Å²) in [7, 11) is 0. The first kappa shape index (κ1) is 22.1. The minimum atomic E-state index is -0.965. The van der Waals surface area contributed by atoms with E-state index in [0.717, 1.165) is 34.5 Å². The average Bonchev–Trinajstić information content (AvgIpc) is 2.78. The zero-order valence-electron chi connectivity index (χ0n) is 16.7. The first-order valence-corrected chi connectivity index (χ1v) is 10.4. The van der Waals surface area contributed by atoms with Gasteiger partial charge in [0.15, 0.2) is 5.16 Å². The van der Waals surface area contributed by atoms with E-state index in [4.69, 9.17) is 5.73 Å². The molecular weight excluding hydrogens is 454 g/mol. The normalized spacial score (nSPS) is 11.0. The van der Waals surface area contributed by atoms with E-state index in [1.54, 1.807) is 18.2 Å². The fraction of sp³-hybridized carbons (Fsp3) is 0.0455. The third kappa shape index (κ3) is 4.30. The summed E-state index contributed by atoms with van der Waals surface area (Å²) in [6.45, 7) is 0. The van der Waals surface area contributed by atoms with Gasteiger partial charge in [0.25, 0.3) is 11.2 Å². The zero-order chi connectivity index (χ0) is 23.7. The minimum absolute atomic E-state index is 0.0235. The van der Waals surface area contributed by atoms with E-state index in [2.05, 4.69) is 4.98 Å². The molecule has 3 aromatic carbocycles. The number of amides is 1. The van der Waals surface area contributed by atoms with Gasteiger partial charge in [-0.25, -0.2) is 13.8 Å². The summed E-state index contributed by atoms with van der Waals surface area (Å²) in [6.07, 6.45) is 0. The number of nitrogens with two attached hydrogens (primary N) is 1. The van der Waals surface area contributed by atoms with E-state index in [1.807, 2.05) is 0 Å². The molecule has 166 valence electrons. The maximum atomic E-state index is 14.6. The molecule has 1 aromatic heterocycles. The van der Waals surface area contributed by atoms with Crippen LogP contribution in [0.25, 0.3) is 16.6 Å². The maximum Gasteiger partial charge on any atom is 0.274 e. The molecule has 0 spiro atoms. The van der Waals surface area contributed by atoms with Crippen molar-refractivity contribution in [2.75, 3.05) is 0 Å². The number of nitro benzene ring substituents is 1. The smallest absolute Gasteiger partial charge is 0.274 e. The fourth-order valence-corrected chi connectivity index (χ4v) is 4.24. The van der Waals surface area contributed by atoms with Gasteiger partial charge in [0.05, 0.1) is 21.5 Å². The molecule has 0 aliphatic heterocycles. The topological polar surface area (TPSA) is 121 Å². The van der Waals surface area contributed by atoms with Crippen molar-refractivity contribution in [1.29, 1.82) is 0 Å². The summed E-state index contributed by atoms with van der Waals surface area (Å²) in [5, 5.41) is 11.8. The zero-order valence-corrected chi connectivity index (χ0v) is 17.5. The summed E-state index contributed by atoms with van der Waals surface area (Å²) >= 11 is 0.954. The number of hydrogen-bond acceptors (Lipinski definition) is 6. The number of primary amides is 1. The van der Waals surface area contributed by atoms with Crippen molar-refractivity contribution in [2.24, 2.45) is 5.73 Å². The van der Waals surface area contributed by atoms with Crippen LogP contribution in [0.15, 0.2) is 70.6 Å². The number of rotatable bonds is 6. The fourth-order valence-electron chi connectivity index (χ4n) is 3.24. The molecule has 0 aliphatic rings. The van der Waals surface area contributed by atoms with Crippen molar-refractivity contribution in [3.63, 3.8) is 0 Å². The molecule has 0 bridgehead atoms. The Hall–Kier alpha value is -4.12. The molecule has 33 heavy (non-hydrogen) atoms. The number of nitro groups is 1. The van der Waals surface area contributed by atoms with Crippen LogP contribution in [-0.4, -0.2) is 20.4 Å². The van der Waals surface area contributed by atoms with E-state index in [-0.39, 0.29) is 38.8 Å². The first-order valence-electron chi connectivity index (χ1n) is 9.43. The second kappa shape index (κ2) is 8.79. The number of para-hydroxylation sites is 1. The molecule has 8 nitrogen and oxygen atoms in total. The summed E-state index contributed by atoms with van der Waals surface area (Å²) in [5.41, 5.74) is 4.65. The Morgan fingerprint density at radius 3 is 2.58 bits per heavy atom. The highest BCUT2D eigenvalue weighted by Crippen LogP contribution is 2.30. The van der Waals surface area contributed by atoms with Crippen LogP contribution in [0.4, 0.5) is 14.5 Å². The van der Waals surface area contributed by atoms with Gasteiger partial charge < -0.3 is 5.73 Å². The maximum absolute atomic E-state index is 14.6. The Labute approximate surface area is 188 Å². The molecular formula is C22H14F2N4O4S. The molecule has 0 atom stereocenters. The van der Waals surface area contributed by atoms with Crippen LogP contribution < -0.4 is 11.3 Å². The number of aromatic nitrogens is 2. The molecule has 1 amide bonds. The molecule has 0 saturated heterocycles. The van der Waals surface area contributed by atoms with Crippen molar-refractivity contribution in [3.8, 4) is 5.69 Å². The minimum Gasteiger partial charge on any atom is -0.366 e. The molecule has 0 fully saturated rings. The quantitative estimate of drug-likeness (QED) is 0.198. The Morgan fingerprint density at radius 2 is 1.88 bits per heavy atom. The molecule has 4 rings (SSSR count). The van der Waals surface area contributed by atoms with Crippen LogP contribution in [-0.2, 0) is 5.75 Å².